The van der Waals surface area contributed by atoms with E-state index in [-0.39, 0.29) is 5.78 Å². The molecule has 3 heteroatoms. The Hall–Kier alpha value is -1.38. The van der Waals surface area contributed by atoms with Crippen LogP contribution in [0.25, 0.3) is 0 Å². The molecule has 2 nitrogen and oxygen atoms in total. The van der Waals surface area contributed by atoms with E-state index in [0.717, 1.165) is 0 Å². The van der Waals surface area contributed by atoms with Crippen molar-refractivity contribution in [1.82, 2.24) is 0 Å². The predicted octanol–water partition coefficient (Wildman–Crippen LogP) is 2.90. The molecule has 0 amide bonds. The Balaban J connectivity index is 2.34. The molecule has 1 aliphatic carbocycles. The lowest BCUT2D eigenvalue weighted by molar-refractivity contribution is 0.0915. The lowest BCUT2D eigenvalue weighted by Gasteiger charge is -2.30. The molecule has 88 valence electrons. The summed E-state index contributed by atoms with van der Waals surface area (Å²) in [6.07, 6.45) is 5.23. The Morgan fingerprint density at radius 3 is 2.65 bits per heavy atom. The quantitative estimate of drug-likeness (QED) is 0.817. The van der Waals surface area contributed by atoms with Gasteiger partial charge in [-0.3, -0.25) is 4.79 Å². The Morgan fingerprint density at radius 2 is 2.00 bits per heavy atom. The lowest BCUT2D eigenvalue weighted by Crippen LogP contribution is -2.46. The summed E-state index contributed by atoms with van der Waals surface area (Å²) in [6, 6.07) is 9.13. The largest absolute Gasteiger partial charge is 0.321 e. The van der Waals surface area contributed by atoms with E-state index in [4.69, 9.17) is 17.3 Å². The van der Waals surface area contributed by atoms with E-state index < -0.39 is 11.5 Å². The molecule has 0 saturated carbocycles. The van der Waals surface area contributed by atoms with Crippen LogP contribution in [0.2, 0.25) is 0 Å². The van der Waals surface area contributed by atoms with Crippen molar-refractivity contribution in [2.75, 3.05) is 0 Å². The highest BCUT2D eigenvalue weighted by Gasteiger charge is 2.34. The second-order valence-corrected chi connectivity index (χ2v) is 4.90. The Kier molecular flexibility index (Phi) is 3.18. The summed E-state index contributed by atoms with van der Waals surface area (Å²) in [4.78, 5) is 12.3. The monoisotopic (exact) mass is 247 g/mol. The number of hydrogen-bond donors (Lipinski definition) is 1. The summed E-state index contributed by atoms with van der Waals surface area (Å²) < 4.78 is 0. The third-order valence-electron chi connectivity index (χ3n) is 2.94. The van der Waals surface area contributed by atoms with Gasteiger partial charge in [-0.2, -0.15) is 0 Å². The van der Waals surface area contributed by atoms with Crippen molar-refractivity contribution in [1.29, 1.82) is 0 Å². The van der Waals surface area contributed by atoms with Gasteiger partial charge in [0.25, 0.3) is 0 Å². The minimum Gasteiger partial charge on any atom is -0.321 e. The average Bonchev–Trinajstić information content (AvgIpc) is 2.33. The van der Waals surface area contributed by atoms with Gasteiger partial charge in [0.05, 0.1) is 5.92 Å². The van der Waals surface area contributed by atoms with Gasteiger partial charge in [0.2, 0.25) is 0 Å². The molecule has 2 N–H and O–H groups in total. The van der Waals surface area contributed by atoms with Crippen LogP contribution in [0.5, 0.6) is 0 Å². The number of halogens is 1. The van der Waals surface area contributed by atoms with E-state index >= 15 is 0 Å². The number of ketones is 1. The summed E-state index contributed by atoms with van der Waals surface area (Å²) in [6.45, 7) is 1.83. The van der Waals surface area contributed by atoms with Gasteiger partial charge in [-0.25, -0.2) is 0 Å². The van der Waals surface area contributed by atoms with E-state index in [0.29, 0.717) is 10.6 Å². The van der Waals surface area contributed by atoms with E-state index in [1.165, 1.54) is 0 Å². The first kappa shape index (κ1) is 12.1. The van der Waals surface area contributed by atoms with Crippen LogP contribution in [0.15, 0.2) is 53.6 Å². The average molecular weight is 248 g/mol. The summed E-state index contributed by atoms with van der Waals surface area (Å²) in [5.41, 5.74) is 6.08. The highest BCUT2D eigenvalue weighted by molar-refractivity contribution is 6.31. The molecule has 0 heterocycles. The third-order valence-corrected chi connectivity index (χ3v) is 3.19. The molecular formula is C14H14ClNO. The van der Waals surface area contributed by atoms with Crippen molar-refractivity contribution in [3.8, 4) is 0 Å². The molecule has 2 atom stereocenters. The van der Waals surface area contributed by atoms with Crippen LogP contribution in [0.1, 0.15) is 17.3 Å². The molecule has 2 unspecified atom stereocenters. The summed E-state index contributed by atoms with van der Waals surface area (Å²) in [7, 11) is 0. The van der Waals surface area contributed by atoms with Gasteiger partial charge in [0.1, 0.15) is 0 Å². The fourth-order valence-electron chi connectivity index (χ4n) is 1.90. The third kappa shape index (κ3) is 2.48. The number of carbonyl (C=O) groups excluding carboxylic acids is 1. The molecule has 1 aromatic rings. The topological polar surface area (TPSA) is 43.1 Å². The second-order valence-electron chi connectivity index (χ2n) is 4.46. The van der Waals surface area contributed by atoms with Gasteiger partial charge in [-0.05, 0) is 13.0 Å². The lowest BCUT2D eigenvalue weighted by atomic mass is 9.78. The van der Waals surface area contributed by atoms with Gasteiger partial charge in [-0.15, -0.1) is 0 Å². The van der Waals surface area contributed by atoms with Gasteiger partial charge < -0.3 is 5.73 Å². The number of rotatable bonds is 2. The van der Waals surface area contributed by atoms with E-state index in [2.05, 4.69) is 0 Å². The molecule has 0 aliphatic heterocycles. The number of Topliss-reactive ketones (excluding diaryl/α,β-unsaturated/α-hetero) is 1. The Bertz CT molecular complexity index is 488. The first-order valence-electron chi connectivity index (χ1n) is 5.45. The molecular weight excluding hydrogens is 234 g/mol. The van der Waals surface area contributed by atoms with E-state index in [1.54, 1.807) is 30.4 Å². The molecule has 0 saturated heterocycles. The van der Waals surface area contributed by atoms with Crippen LogP contribution in [0.3, 0.4) is 0 Å². The molecule has 1 aliphatic rings. The van der Waals surface area contributed by atoms with Gasteiger partial charge in [0.15, 0.2) is 5.78 Å². The SMILES string of the molecule is CC1(N)C=CC(Cl)=CC1C(=O)c1ccccc1. The molecule has 0 radical (unpaired) electrons. The van der Waals surface area contributed by atoms with Crippen LogP contribution in [-0.2, 0) is 0 Å². The molecule has 0 aromatic heterocycles. The standard InChI is InChI=1S/C14H14ClNO/c1-14(16)8-7-11(15)9-12(14)13(17)10-5-3-2-4-6-10/h2-9,12H,16H2,1H3. The van der Waals surface area contributed by atoms with E-state index in [1.807, 2.05) is 25.1 Å². The summed E-state index contributed by atoms with van der Waals surface area (Å²) >= 11 is 5.94. The van der Waals surface area contributed by atoms with Crippen molar-refractivity contribution in [3.63, 3.8) is 0 Å². The molecule has 0 spiro atoms. The summed E-state index contributed by atoms with van der Waals surface area (Å²) in [5.74, 6) is -0.416. The van der Waals surface area contributed by atoms with Crippen molar-refractivity contribution in [2.45, 2.75) is 12.5 Å². The first-order chi connectivity index (χ1) is 8.00. The molecule has 0 fully saturated rings. The first-order valence-corrected chi connectivity index (χ1v) is 5.83. The van der Waals surface area contributed by atoms with Crippen LogP contribution < -0.4 is 5.73 Å². The normalized spacial score (nSPS) is 27.7. The summed E-state index contributed by atoms with van der Waals surface area (Å²) in [5, 5.41) is 0.558. The van der Waals surface area contributed by atoms with E-state index in [9.17, 15) is 4.79 Å². The second kappa shape index (κ2) is 4.47. The number of carbonyl (C=O) groups is 1. The highest BCUT2D eigenvalue weighted by atomic mass is 35.5. The van der Waals surface area contributed by atoms with Crippen molar-refractivity contribution in [3.05, 3.63) is 59.2 Å². The van der Waals surface area contributed by atoms with Gasteiger partial charge >= 0.3 is 0 Å². The molecule has 0 bridgehead atoms. The minimum absolute atomic E-state index is 0.00176. The Morgan fingerprint density at radius 1 is 1.35 bits per heavy atom. The van der Waals surface area contributed by atoms with Crippen LogP contribution in [0, 0.1) is 5.92 Å². The number of benzene rings is 1. The number of nitrogens with two attached hydrogens (primary N) is 1. The van der Waals surface area contributed by atoms with Crippen molar-refractivity contribution >= 4 is 17.4 Å². The van der Waals surface area contributed by atoms with Crippen molar-refractivity contribution in [2.24, 2.45) is 11.7 Å². The smallest absolute Gasteiger partial charge is 0.171 e. The van der Waals surface area contributed by atoms with Crippen LogP contribution in [-0.4, -0.2) is 11.3 Å². The van der Waals surface area contributed by atoms with Crippen LogP contribution >= 0.6 is 11.6 Å². The fourth-order valence-corrected chi connectivity index (χ4v) is 2.09. The molecule has 1 aromatic carbocycles. The molecule has 17 heavy (non-hydrogen) atoms. The maximum Gasteiger partial charge on any atom is 0.171 e. The zero-order valence-electron chi connectivity index (χ0n) is 9.56. The highest BCUT2D eigenvalue weighted by Crippen LogP contribution is 2.29. The number of allylic oxidation sites excluding steroid dienone is 2. The predicted molar refractivity (Wildman–Crippen MR) is 69.9 cm³/mol. The zero-order valence-corrected chi connectivity index (χ0v) is 10.3. The minimum atomic E-state index is -0.689. The van der Waals surface area contributed by atoms with Gasteiger partial charge in [0, 0.05) is 16.1 Å². The van der Waals surface area contributed by atoms with Crippen molar-refractivity contribution < 1.29 is 4.79 Å². The number of hydrogen-bond acceptors (Lipinski definition) is 2. The van der Waals surface area contributed by atoms with Gasteiger partial charge in [-0.1, -0.05) is 54.1 Å². The maximum absolute atomic E-state index is 12.3. The van der Waals surface area contributed by atoms with Crippen LogP contribution in [0.4, 0.5) is 0 Å². The molecule has 2 rings (SSSR count). The fraction of sp³-hybridized carbons (Fsp3) is 0.214. The Labute approximate surface area is 106 Å². The zero-order chi connectivity index (χ0) is 12.5. The maximum atomic E-state index is 12.3.